The summed E-state index contributed by atoms with van der Waals surface area (Å²) in [5, 5.41) is 0. The molecule has 0 atom stereocenters. The van der Waals surface area contributed by atoms with Crippen molar-refractivity contribution >= 4 is 0 Å². The molecule has 0 aliphatic carbocycles. The van der Waals surface area contributed by atoms with Gasteiger partial charge in [0.1, 0.15) is 0 Å². The van der Waals surface area contributed by atoms with Crippen LogP contribution in [0.4, 0.5) is 0 Å². The van der Waals surface area contributed by atoms with Crippen LogP contribution in [0.5, 0.6) is 0 Å². The first-order valence-electron chi connectivity index (χ1n) is 5.63. The summed E-state index contributed by atoms with van der Waals surface area (Å²) in [6, 6.07) is 0. The molecule has 0 aromatic heterocycles. The van der Waals surface area contributed by atoms with Crippen LogP contribution in [0.25, 0.3) is 0 Å². The third-order valence-electron chi connectivity index (χ3n) is 2.75. The van der Waals surface area contributed by atoms with Gasteiger partial charge < -0.3 is 0 Å². The van der Waals surface area contributed by atoms with E-state index >= 15 is 0 Å². The zero-order chi connectivity index (χ0) is 11.4. The third kappa shape index (κ3) is 7.41. The van der Waals surface area contributed by atoms with Crippen LogP contribution < -0.4 is 0 Å². The van der Waals surface area contributed by atoms with Crippen LogP contribution in [0.15, 0.2) is 24.3 Å². The molecule has 0 saturated carbocycles. The molecule has 0 nitrogen and oxygen atoms in total. The highest BCUT2D eigenvalue weighted by molar-refractivity contribution is 5.05. The van der Waals surface area contributed by atoms with E-state index < -0.39 is 0 Å². The Hall–Kier alpha value is -0.520. The van der Waals surface area contributed by atoms with E-state index in [0.29, 0.717) is 11.3 Å². The van der Waals surface area contributed by atoms with Crippen LogP contribution in [0.2, 0.25) is 0 Å². The van der Waals surface area contributed by atoms with Gasteiger partial charge >= 0.3 is 0 Å². The Morgan fingerprint density at radius 1 is 1.13 bits per heavy atom. The fourth-order valence-corrected chi connectivity index (χ4v) is 1.68. The summed E-state index contributed by atoms with van der Waals surface area (Å²) >= 11 is 0. The molecular formula is C15H30. The van der Waals surface area contributed by atoms with Gasteiger partial charge in [-0.25, -0.2) is 0 Å². The molecule has 0 heteroatoms. The van der Waals surface area contributed by atoms with Gasteiger partial charge in [0, 0.05) is 0 Å². The Bertz CT molecular complexity index is 206. The van der Waals surface area contributed by atoms with Crippen molar-refractivity contribution in [2.45, 2.75) is 61.3 Å². The minimum atomic E-state index is 0. The third-order valence-corrected chi connectivity index (χ3v) is 2.75. The molecule has 0 aromatic carbocycles. The Morgan fingerprint density at radius 2 is 1.60 bits per heavy atom. The number of rotatable bonds is 6. The summed E-state index contributed by atoms with van der Waals surface area (Å²) in [6.07, 6.45) is 3.33. The molecule has 0 N–H and O–H groups in total. The van der Waals surface area contributed by atoms with Gasteiger partial charge in [0.05, 0.1) is 0 Å². The van der Waals surface area contributed by atoms with Crippen molar-refractivity contribution in [1.29, 1.82) is 0 Å². The second-order valence-electron chi connectivity index (χ2n) is 5.43. The molecule has 15 heavy (non-hydrogen) atoms. The molecule has 0 rings (SSSR count). The highest BCUT2D eigenvalue weighted by Gasteiger charge is 2.20. The van der Waals surface area contributed by atoms with Crippen LogP contribution in [-0.4, -0.2) is 0 Å². The summed E-state index contributed by atoms with van der Waals surface area (Å²) in [6.45, 7) is 19.4. The summed E-state index contributed by atoms with van der Waals surface area (Å²) in [5.41, 5.74) is 3.04. The number of hydrogen-bond acceptors (Lipinski definition) is 0. The van der Waals surface area contributed by atoms with E-state index in [1.807, 2.05) is 0 Å². The number of hydrogen-bond donors (Lipinski definition) is 0. The second kappa shape index (κ2) is 6.87. The summed E-state index contributed by atoms with van der Waals surface area (Å²) in [5.74, 6) is 0.601. The summed E-state index contributed by atoms with van der Waals surface area (Å²) in [7, 11) is 0. The first kappa shape index (κ1) is 16.9. The lowest BCUT2D eigenvalue weighted by Gasteiger charge is -2.27. The molecule has 0 heterocycles. The standard InChI is InChI=1S/C14H26.CH4/c1-8-12(4)9-14(6,7)10-13(5)11(2)3;/h11H,4-5,8-10H2,1-3,6-7H3;1H4. The SMILES string of the molecule is C.C=C(CC)CC(C)(C)CC(=C)C(C)C. The van der Waals surface area contributed by atoms with Crippen LogP contribution in [0.1, 0.15) is 61.3 Å². The van der Waals surface area contributed by atoms with Gasteiger partial charge in [-0.15, -0.1) is 0 Å². The van der Waals surface area contributed by atoms with Crippen molar-refractivity contribution in [3.8, 4) is 0 Å². The van der Waals surface area contributed by atoms with Crippen molar-refractivity contribution in [3.05, 3.63) is 24.3 Å². The Kier molecular flexibility index (Phi) is 7.74. The average molecular weight is 210 g/mol. The van der Waals surface area contributed by atoms with Crippen LogP contribution >= 0.6 is 0 Å². The lowest BCUT2D eigenvalue weighted by molar-refractivity contribution is 0.345. The van der Waals surface area contributed by atoms with Crippen LogP contribution in [-0.2, 0) is 0 Å². The molecule has 0 aromatic rings. The molecule has 0 fully saturated rings. The molecule has 0 saturated heterocycles. The maximum atomic E-state index is 4.14. The van der Waals surface area contributed by atoms with Gasteiger partial charge in [-0.2, -0.15) is 0 Å². The van der Waals surface area contributed by atoms with Crippen LogP contribution in [0.3, 0.4) is 0 Å². The highest BCUT2D eigenvalue weighted by atomic mass is 14.3. The van der Waals surface area contributed by atoms with Gasteiger partial charge in [-0.05, 0) is 30.6 Å². The van der Waals surface area contributed by atoms with E-state index in [0.717, 1.165) is 19.3 Å². The van der Waals surface area contributed by atoms with Gasteiger partial charge in [0.2, 0.25) is 0 Å². The Morgan fingerprint density at radius 3 is 1.93 bits per heavy atom. The lowest BCUT2D eigenvalue weighted by atomic mass is 9.78. The first-order valence-corrected chi connectivity index (χ1v) is 5.63. The molecule has 0 amide bonds. The van der Waals surface area contributed by atoms with Crippen molar-refractivity contribution in [2.75, 3.05) is 0 Å². The van der Waals surface area contributed by atoms with Crippen LogP contribution in [0, 0.1) is 11.3 Å². The van der Waals surface area contributed by atoms with E-state index in [4.69, 9.17) is 0 Å². The van der Waals surface area contributed by atoms with Gasteiger partial charge in [0.25, 0.3) is 0 Å². The fourth-order valence-electron chi connectivity index (χ4n) is 1.68. The smallest absolute Gasteiger partial charge is 0.0263 e. The van der Waals surface area contributed by atoms with Gasteiger partial charge in [0.15, 0.2) is 0 Å². The molecule has 0 spiro atoms. The second-order valence-corrected chi connectivity index (χ2v) is 5.43. The van der Waals surface area contributed by atoms with E-state index in [2.05, 4.69) is 47.8 Å². The summed E-state index contributed by atoms with van der Waals surface area (Å²) < 4.78 is 0. The largest absolute Gasteiger partial charge is 0.0999 e. The number of allylic oxidation sites excluding steroid dienone is 2. The normalized spacial score (nSPS) is 11.1. The molecule has 0 aliphatic rings. The maximum Gasteiger partial charge on any atom is -0.0263 e. The predicted molar refractivity (Wildman–Crippen MR) is 73.2 cm³/mol. The lowest BCUT2D eigenvalue weighted by Crippen LogP contribution is -2.14. The fraction of sp³-hybridized carbons (Fsp3) is 0.733. The molecule has 0 bridgehead atoms. The molecule has 0 radical (unpaired) electrons. The zero-order valence-electron chi connectivity index (χ0n) is 10.6. The minimum absolute atomic E-state index is 0. The molecule has 0 unspecified atom stereocenters. The van der Waals surface area contributed by atoms with Crippen molar-refractivity contribution in [3.63, 3.8) is 0 Å². The minimum Gasteiger partial charge on any atom is -0.0999 e. The van der Waals surface area contributed by atoms with E-state index in [1.54, 1.807) is 0 Å². The van der Waals surface area contributed by atoms with Gasteiger partial charge in [-0.1, -0.05) is 66.3 Å². The molecule has 0 aliphatic heterocycles. The van der Waals surface area contributed by atoms with Crippen molar-refractivity contribution in [1.82, 2.24) is 0 Å². The van der Waals surface area contributed by atoms with E-state index in [1.165, 1.54) is 11.1 Å². The molecular weight excluding hydrogens is 180 g/mol. The Balaban J connectivity index is 0. The maximum absolute atomic E-state index is 4.14. The topological polar surface area (TPSA) is 0 Å². The monoisotopic (exact) mass is 210 g/mol. The quantitative estimate of drug-likeness (QED) is 0.500. The van der Waals surface area contributed by atoms with E-state index in [-0.39, 0.29) is 7.43 Å². The summed E-state index contributed by atoms with van der Waals surface area (Å²) in [4.78, 5) is 0. The predicted octanol–water partition coefficient (Wildman–Crippen LogP) is 5.61. The molecule has 90 valence electrons. The zero-order valence-corrected chi connectivity index (χ0v) is 10.6. The average Bonchev–Trinajstić information content (AvgIpc) is 2.02. The van der Waals surface area contributed by atoms with Gasteiger partial charge in [-0.3, -0.25) is 0 Å². The van der Waals surface area contributed by atoms with Crippen molar-refractivity contribution in [2.24, 2.45) is 11.3 Å². The first-order chi connectivity index (χ1) is 6.28. The highest BCUT2D eigenvalue weighted by Crippen LogP contribution is 2.34. The van der Waals surface area contributed by atoms with Crippen molar-refractivity contribution < 1.29 is 0 Å². The Labute approximate surface area is 97.5 Å². The van der Waals surface area contributed by atoms with E-state index in [9.17, 15) is 0 Å².